The summed E-state index contributed by atoms with van der Waals surface area (Å²) in [7, 11) is 0. The molecule has 0 bridgehead atoms. The molecule has 3 saturated carbocycles. The van der Waals surface area contributed by atoms with Crippen LogP contribution in [0.1, 0.15) is 146 Å². The van der Waals surface area contributed by atoms with Crippen molar-refractivity contribution in [1.29, 1.82) is 0 Å². The van der Waals surface area contributed by atoms with Gasteiger partial charge in [0.1, 0.15) is 0 Å². The van der Waals surface area contributed by atoms with Crippen LogP contribution >= 0.6 is 0 Å². The molecule has 0 heteroatoms. The zero-order valence-electron chi connectivity index (χ0n) is 23.0. The molecule has 0 radical (unpaired) electrons. The Labute approximate surface area is 209 Å². The van der Waals surface area contributed by atoms with Crippen LogP contribution in [0, 0.1) is 28.6 Å². The predicted molar refractivity (Wildman–Crippen MR) is 152 cm³/mol. The van der Waals surface area contributed by atoms with E-state index in [1.165, 1.54) is 101 Å². The molecule has 0 aromatic heterocycles. The maximum Gasteiger partial charge on any atom is -0.0143 e. The van der Waals surface area contributed by atoms with Gasteiger partial charge in [-0.2, -0.15) is 0 Å². The Hall–Kier alpha value is -0.780. The van der Waals surface area contributed by atoms with Gasteiger partial charge < -0.3 is 0 Å². The molecule has 0 heterocycles. The molecule has 0 saturated heterocycles. The number of rotatable bonds is 6. The van der Waals surface area contributed by atoms with E-state index >= 15 is 0 Å². The Balaban J connectivity index is 0.00000101. The molecule has 3 aliphatic carbocycles. The van der Waals surface area contributed by atoms with Crippen molar-refractivity contribution in [3.63, 3.8) is 0 Å². The first kappa shape index (κ1) is 30.3. The second-order valence-corrected chi connectivity index (χ2v) is 12.9. The number of unbranched alkanes of at least 4 members (excludes halogenated alkanes) is 2. The van der Waals surface area contributed by atoms with Crippen LogP contribution < -0.4 is 0 Å². The van der Waals surface area contributed by atoms with Gasteiger partial charge in [0.2, 0.25) is 0 Å². The van der Waals surface area contributed by atoms with Gasteiger partial charge in [-0.05, 0) is 98.4 Å². The first-order chi connectivity index (χ1) is 15.1. The van der Waals surface area contributed by atoms with E-state index in [1.807, 2.05) is 0 Å². The highest BCUT2D eigenvalue weighted by Gasteiger charge is 2.48. The van der Waals surface area contributed by atoms with Gasteiger partial charge in [-0.25, -0.2) is 0 Å². The third-order valence-electron chi connectivity index (χ3n) is 8.85. The van der Waals surface area contributed by atoms with Gasteiger partial charge in [0.25, 0.3) is 0 Å². The molecule has 4 unspecified atom stereocenters. The Kier molecular flexibility index (Phi) is 12.8. The first-order valence-electron chi connectivity index (χ1n) is 14.2. The molecule has 0 aromatic carbocycles. The summed E-state index contributed by atoms with van der Waals surface area (Å²) in [6.07, 6.45) is 24.2. The van der Waals surface area contributed by atoms with Crippen molar-refractivity contribution in [3.05, 3.63) is 35.5 Å². The van der Waals surface area contributed by atoms with Crippen molar-refractivity contribution in [2.45, 2.75) is 146 Å². The van der Waals surface area contributed by atoms with Crippen LogP contribution in [0.15, 0.2) is 35.5 Å². The minimum Gasteiger partial charge on any atom is -0.0956 e. The highest BCUT2D eigenvalue weighted by Crippen LogP contribution is 2.58. The van der Waals surface area contributed by atoms with E-state index in [1.54, 1.807) is 5.57 Å². The van der Waals surface area contributed by atoms with Crippen molar-refractivity contribution in [3.8, 4) is 0 Å². The molecule has 33 heavy (non-hydrogen) atoms. The van der Waals surface area contributed by atoms with E-state index in [2.05, 4.69) is 67.2 Å². The van der Waals surface area contributed by atoms with Crippen LogP contribution in [-0.2, 0) is 0 Å². The van der Waals surface area contributed by atoms with E-state index in [9.17, 15) is 0 Å². The lowest BCUT2D eigenvalue weighted by atomic mass is 9.62. The van der Waals surface area contributed by atoms with Crippen LogP contribution in [0.5, 0.6) is 0 Å². The predicted octanol–water partition coefficient (Wildman–Crippen LogP) is 11.5. The summed E-state index contributed by atoms with van der Waals surface area (Å²) in [6.45, 7) is 20.9. The van der Waals surface area contributed by atoms with Gasteiger partial charge in [-0.3, -0.25) is 0 Å². The molecular weight excluding hydrogens is 396 g/mol. The van der Waals surface area contributed by atoms with Crippen molar-refractivity contribution in [2.24, 2.45) is 28.6 Å². The lowest BCUT2D eigenvalue weighted by molar-refractivity contribution is 0.126. The maximum absolute atomic E-state index is 4.35. The fourth-order valence-corrected chi connectivity index (χ4v) is 6.46. The topological polar surface area (TPSA) is 0 Å². The molecule has 3 rings (SSSR count). The summed E-state index contributed by atoms with van der Waals surface area (Å²) in [5.74, 6) is 2.63. The SMILES string of the molecule is C.C=C1CCC(C)C/C1=C/C=C1\CCCC2(C)C(CCCCC(C)(C)C)CCC12.CCCC. The average molecular weight is 457 g/mol. The second kappa shape index (κ2) is 13.9. The smallest absolute Gasteiger partial charge is 0.0143 e. The molecular formula is C33H60. The van der Waals surface area contributed by atoms with Crippen LogP contribution in [0.3, 0.4) is 0 Å². The molecule has 3 aliphatic rings. The van der Waals surface area contributed by atoms with E-state index in [-0.39, 0.29) is 7.43 Å². The molecule has 0 amide bonds. The van der Waals surface area contributed by atoms with Crippen LogP contribution in [0.25, 0.3) is 0 Å². The molecule has 0 aliphatic heterocycles. The largest absolute Gasteiger partial charge is 0.0956 e. The Morgan fingerprint density at radius 2 is 1.70 bits per heavy atom. The van der Waals surface area contributed by atoms with Crippen molar-refractivity contribution >= 4 is 0 Å². The molecule has 0 N–H and O–H groups in total. The van der Waals surface area contributed by atoms with Gasteiger partial charge >= 0.3 is 0 Å². The number of fused-ring (bicyclic) bond motifs is 1. The zero-order chi connectivity index (χ0) is 23.8. The summed E-state index contributed by atoms with van der Waals surface area (Å²) in [4.78, 5) is 0. The van der Waals surface area contributed by atoms with E-state index in [0.29, 0.717) is 10.8 Å². The quantitative estimate of drug-likeness (QED) is 0.348. The maximum atomic E-state index is 4.35. The molecule has 0 nitrogen and oxygen atoms in total. The number of hydrogen-bond acceptors (Lipinski definition) is 0. The monoisotopic (exact) mass is 456 g/mol. The summed E-state index contributed by atoms with van der Waals surface area (Å²) in [5.41, 5.74) is 5.77. The van der Waals surface area contributed by atoms with Crippen LogP contribution in [0.2, 0.25) is 0 Å². The van der Waals surface area contributed by atoms with Gasteiger partial charge in [0, 0.05) is 0 Å². The fourth-order valence-electron chi connectivity index (χ4n) is 6.46. The molecule has 3 fully saturated rings. The third-order valence-corrected chi connectivity index (χ3v) is 8.85. The highest BCUT2D eigenvalue weighted by atomic mass is 14.5. The Morgan fingerprint density at radius 1 is 1.00 bits per heavy atom. The Morgan fingerprint density at radius 3 is 2.33 bits per heavy atom. The molecule has 192 valence electrons. The zero-order valence-corrected chi connectivity index (χ0v) is 23.0. The van der Waals surface area contributed by atoms with Gasteiger partial charge in [0.15, 0.2) is 0 Å². The van der Waals surface area contributed by atoms with E-state index in [0.717, 1.165) is 17.8 Å². The summed E-state index contributed by atoms with van der Waals surface area (Å²) in [6, 6.07) is 0. The minimum absolute atomic E-state index is 0. The molecule has 4 atom stereocenters. The minimum atomic E-state index is 0. The summed E-state index contributed by atoms with van der Waals surface area (Å²) < 4.78 is 0. The summed E-state index contributed by atoms with van der Waals surface area (Å²) in [5, 5.41) is 0. The third kappa shape index (κ3) is 9.07. The lowest BCUT2D eigenvalue weighted by Crippen LogP contribution is -2.33. The lowest BCUT2D eigenvalue weighted by Gasteiger charge is -2.42. The van der Waals surface area contributed by atoms with Gasteiger partial charge in [-0.15, -0.1) is 0 Å². The van der Waals surface area contributed by atoms with Crippen molar-refractivity contribution < 1.29 is 0 Å². The standard InChI is InChI=1S/C28H46.C4H10.CH4/c1-21-12-13-22(2)24(20-21)15-14-23-10-9-19-28(6)25(16-17-26(23)28)11-7-8-18-27(3,4)5;1-3-4-2;/h14-15,21,25-26H,2,7-13,16-20H2,1,3-6H3;3-4H2,1-2H3;1H4/b23-14+,24-15-;;. The summed E-state index contributed by atoms with van der Waals surface area (Å²) >= 11 is 0. The van der Waals surface area contributed by atoms with E-state index in [4.69, 9.17) is 0 Å². The fraction of sp³-hybridized carbons (Fsp3) is 0.818. The Bertz CT molecular complexity index is 637. The van der Waals surface area contributed by atoms with Crippen LogP contribution in [0.4, 0.5) is 0 Å². The first-order valence-corrected chi connectivity index (χ1v) is 14.2. The average Bonchev–Trinajstić information content (AvgIpc) is 3.08. The van der Waals surface area contributed by atoms with Crippen LogP contribution in [-0.4, -0.2) is 0 Å². The van der Waals surface area contributed by atoms with Crippen molar-refractivity contribution in [1.82, 2.24) is 0 Å². The molecule has 0 aromatic rings. The van der Waals surface area contributed by atoms with Gasteiger partial charge in [-0.1, -0.05) is 111 Å². The van der Waals surface area contributed by atoms with Crippen molar-refractivity contribution in [2.75, 3.05) is 0 Å². The normalized spacial score (nSPS) is 32.2. The van der Waals surface area contributed by atoms with E-state index < -0.39 is 0 Å². The second-order valence-electron chi connectivity index (χ2n) is 12.9. The highest BCUT2D eigenvalue weighted by molar-refractivity contribution is 5.35. The number of hydrogen-bond donors (Lipinski definition) is 0. The molecule has 0 spiro atoms. The van der Waals surface area contributed by atoms with Gasteiger partial charge in [0.05, 0.1) is 0 Å². The number of allylic oxidation sites excluding steroid dienone is 5.